The van der Waals surface area contributed by atoms with E-state index in [4.69, 9.17) is 9.47 Å². The Labute approximate surface area is 419 Å². The zero-order valence-corrected chi connectivity index (χ0v) is 44.4. The number of carbonyl (C=O) groups excluding carboxylic acids is 1. The molecule has 6 N–H and O–H groups in total. The van der Waals surface area contributed by atoms with E-state index >= 15 is 0 Å². The zero-order valence-electron chi connectivity index (χ0n) is 44.4. The van der Waals surface area contributed by atoms with Crippen molar-refractivity contribution in [2.24, 2.45) is 0 Å². The van der Waals surface area contributed by atoms with Gasteiger partial charge >= 0.3 is 0 Å². The Morgan fingerprint density at radius 3 is 1.24 bits per heavy atom. The third kappa shape index (κ3) is 38.1. The van der Waals surface area contributed by atoms with Crippen LogP contribution < -0.4 is 5.32 Å². The van der Waals surface area contributed by atoms with Crippen molar-refractivity contribution in [1.29, 1.82) is 0 Å². The van der Waals surface area contributed by atoms with Gasteiger partial charge in [0.05, 0.1) is 25.4 Å². The normalized spacial score (nSPS) is 19.8. The second kappa shape index (κ2) is 49.0. The van der Waals surface area contributed by atoms with Gasteiger partial charge in [0, 0.05) is 6.42 Å². The summed E-state index contributed by atoms with van der Waals surface area (Å²) in [5, 5.41) is 54.5. The number of ether oxygens (including phenoxy) is 2. The molecular formula is C59H111NO8. The summed E-state index contributed by atoms with van der Waals surface area (Å²) in [6, 6.07) is -0.826. The molecule has 1 amide bonds. The van der Waals surface area contributed by atoms with E-state index in [9.17, 15) is 30.3 Å². The summed E-state index contributed by atoms with van der Waals surface area (Å²) in [5.74, 6) is -0.186. The van der Waals surface area contributed by atoms with Crippen LogP contribution in [0.5, 0.6) is 0 Å². The highest BCUT2D eigenvalue weighted by molar-refractivity contribution is 5.76. The number of amides is 1. The van der Waals surface area contributed by atoms with Gasteiger partial charge in [-0.2, -0.15) is 0 Å². The van der Waals surface area contributed by atoms with Crippen LogP contribution >= 0.6 is 0 Å². The van der Waals surface area contributed by atoms with E-state index in [1.807, 2.05) is 6.08 Å². The first-order valence-electron chi connectivity index (χ1n) is 29.2. The molecule has 9 nitrogen and oxygen atoms in total. The monoisotopic (exact) mass is 962 g/mol. The molecule has 68 heavy (non-hydrogen) atoms. The van der Waals surface area contributed by atoms with Crippen molar-refractivity contribution in [2.75, 3.05) is 13.2 Å². The molecule has 1 aliphatic heterocycles. The van der Waals surface area contributed by atoms with Crippen LogP contribution in [-0.2, 0) is 14.3 Å². The maximum atomic E-state index is 13.0. The van der Waals surface area contributed by atoms with Gasteiger partial charge in [-0.05, 0) is 44.9 Å². The van der Waals surface area contributed by atoms with Gasteiger partial charge in [-0.3, -0.25) is 4.79 Å². The molecule has 7 atom stereocenters. The molecule has 1 rings (SSSR count). The Kier molecular flexibility index (Phi) is 46.4. The minimum Gasteiger partial charge on any atom is -0.394 e. The topological polar surface area (TPSA) is 149 Å². The number of rotatable bonds is 50. The Bertz CT molecular complexity index is 1160. The van der Waals surface area contributed by atoms with Gasteiger partial charge in [-0.25, -0.2) is 0 Å². The minimum atomic E-state index is -1.57. The standard InChI is InChI=1S/C59H111NO8/c1-3-5-7-9-11-13-15-17-19-21-23-25-26-27-28-29-30-32-34-36-38-40-42-44-46-48-53(62)52(51-67-59-58(66)57(65)56(64)54(50-61)68-59)60-55(63)49-47-45-43-41-39-37-35-33-31-24-22-20-18-16-14-12-10-8-6-4-2/h30,32,38,40,46,48,52-54,56-59,61-62,64-66H,3-29,31,33-37,39,41-45,47,49-51H2,1-2H3,(H,60,63)/b32-30+,40-38+,48-46+. The van der Waals surface area contributed by atoms with Crippen molar-refractivity contribution in [1.82, 2.24) is 5.32 Å². The molecule has 1 fully saturated rings. The summed E-state index contributed by atoms with van der Waals surface area (Å²) in [4.78, 5) is 13.0. The maximum Gasteiger partial charge on any atom is 0.220 e. The van der Waals surface area contributed by atoms with Crippen molar-refractivity contribution in [3.05, 3.63) is 36.5 Å². The number of aliphatic hydroxyl groups is 5. The van der Waals surface area contributed by atoms with Crippen molar-refractivity contribution in [2.45, 2.75) is 320 Å². The summed E-state index contributed by atoms with van der Waals surface area (Å²) in [5.41, 5.74) is 0. The molecule has 0 bridgehead atoms. The Hall–Kier alpha value is -1.59. The molecule has 7 unspecified atom stereocenters. The van der Waals surface area contributed by atoms with Crippen LogP contribution in [0.15, 0.2) is 36.5 Å². The number of aliphatic hydroxyl groups excluding tert-OH is 5. The number of allylic oxidation sites excluding steroid dienone is 5. The summed E-state index contributed by atoms with van der Waals surface area (Å²) in [7, 11) is 0. The number of nitrogens with one attached hydrogen (secondary N) is 1. The first kappa shape index (κ1) is 64.4. The number of unbranched alkanes of at least 4 members (excludes halogenated alkanes) is 36. The van der Waals surface area contributed by atoms with Crippen molar-refractivity contribution in [3.63, 3.8) is 0 Å². The molecule has 0 aliphatic carbocycles. The Morgan fingerprint density at radius 2 is 0.838 bits per heavy atom. The quantitative estimate of drug-likeness (QED) is 0.0261. The zero-order chi connectivity index (χ0) is 49.4. The van der Waals surface area contributed by atoms with Crippen molar-refractivity contribution < 1.29 is 39.8 Å². The van der Waals surface area contributed by atoms with Crippen molar-refractivity contribution in [3.8, 4) is 0 Å². The largest absolute Gasteiger partial charge is 0.394 e. The van der Waals surface area contributed by atoms with Gasteiger partial charge in [0.1, 0.15) is 24.4 Å². The van der Waals surface area contributed by atoms with Gasteiger partial charge in [-0.15, -0.1) is 0 Å². The van der Waals surface area contributed by atoms with Gasteiger partial charge in [0.2, 0.25) is 5.91 Å². The molecule has 0 aromatic carbocycles. The third-order valence-electron chi connectivity index (χ3n) is 13.9. The molecule has 9 heteroatoms. The lowest BCUT2D eigenvalue weighted by Gasteiger charge is -2.40. The number of carbonyl (C=O) groups is 1. The van der Waals surface area contributed by atoms with Gasteiger partial charge < -0.3 is 40.3 Å². The maximum absolute atomic E-state index is 13.0. The molecule has 0 aromatic heterocycles. The average Bonchev–Trinajstić information content (AvgIpc) is 3.34. The second-order valence-electron chi connectivity index (χ2n) is 20.4. The van der Waals surface area contributed by atoms with Crippen LogP contribution in [0.4, 0.5) is 0 Å². The molecular weight excluding hydrogens is 851 g/mol. The molecule has 1 aliphatic rings. The van der Waals surface area contributed by atoms with Crippen LogP contribution in [-0.4, -0.2) is 87.5 Å². The fourth-order valence-corrected chi connectivity index (χ4v) is 9.31. The summed E-state index contributed by atoms with van der Waals surface area (Å²) in [6.07, 6.45) is 56.4. The van der Waals surface area contributed by atoms with E-state index in [-0.39, 0.29) is 12.5 Å². The Morgan fingerprint density at radius 1 is 0.485 bits per heavy atom. The Balaban J connectivity index is 2.26. The SMILES string of the molecule is CCCCCCCCCCCCCCCCC/C=C/CC/C=C/CC/C=C/C(O)C(COC1OC(CO)C(O)C(O)C1O)NC(=O)CCCCCCCCCCCCCCCCCCCCCC. The summed E-state index contributed by atoms with van der Waals surface area (Å²) < 4.78 is 11.3. The minimum absolute atomic E-state index is 0.186. The molecule has 0 aromatic rings. The molecule has 0 saturated carbocycles. The van der Waals surface area contributed by atoms with E-state index in [1.54, 1.807) is 6.08 Å². The van der Waals surface area contributed by atoms with Gasteiger partial charge in [0.25, 0.3) is 0 Å². The predicted octanol–water partition coefficient (Wildman–Crippen LogP) is 14.4. The second-order valence-corrected chi connectivity index (χ2v) is 20.4. The number of hydrogen-bond donors (Lipinski definition) is 6. The van der Waals surface area contributed by atoms with E-state index in [0.29, 0.717) is 6.42 Å². The lowest BCUT2D eigenvalue weighted by atomic mass is 9.99. The van der Waals surface area contributed by atoms with Crippen LogP contribution in [0, 0.1) is 0 Å². The van der Waals surface area contributed by atoms with Crippen LogP contribution in [0.2, 0.25) is 0 Å². The van der Waals surface area contributed by atoms with E-state index < -0.39 is 49.5 Å². The average molecular weight is 963 g/mol. The molecule has 400 valence electrons. The molecule has 0 spiro atoms. The fourth-order valence-electron chi connectivity index (χ4n) is 9.31. The predicted molar refractivity (Wildman–Crippen MR) is 286 cm³/mol. The smallest absolute Gasteiger partial charge is 0.220 e. The lowest BCUT2D eigenvalue weighted by Crippen LogP contribution is -2.60. The first-order valence-corrected chi connectivity index (χ1v) is 29.2. The van der Waals surface area contributed by atoms with Gasteiger partial charge in [-0.1, -0.05) is 262 Å². The highest BCUT2D eigenvalue weighted by Gasteiger charge is 2.44. The summed E-state index contributed by atoms with van der Waals surface area (Å²) >= 11 is 0. The lowest BCUT2D eigenvalue weighted by molar-refractivity contribution is -0.302. The van der Waals surface area contributed by atoms with Gasteiger partial charge in [0.15, 0.2) is 6.29 Å². The first-order chi connectivity index (χ1) is 33.3. The van der Waals surface area contributed by atoms with E-state index in [1.165, 1.54) is 212 Å². The number of hydrogen-bond acceptors (Lipinski definition) is 8. The summed E-state index contributed by atoms with van der Waals surface area (Å²) in [6.45, 7) is 3.79. The molecule has 1 heterocycles. The van der Waals surface area contributed by atoms with Crippen molar-refractivity contribution >= 4 is 5.91 Å². The highest BCUT2D eigenvalue weighted by atomic mass is 16.7. The van der Waals surface area contributed by atoms with Crippen LogP contribution in [0.3, 0.4) is 0 Å². The highest BCUT2D eigenvalue weighted by Crippen LogP contribution is 2.23. The van der Waals surface area contributed by atoms with Crippen LogP contribution in [0.25, 0.3) is 0 Å². The third-order valence-corrected chi connectivity index (χ3v) is 13.9. The van der Waals surface area contributed by atoms with E-state index in [0.717, 1.165) is 44.9 Å². The molecule has 1 saturated heterocycles. The molecule has 0 radical (unpaired) electrons. The van der Waals surface area contributed by atoms with E-state index in [2.05, 4.69) is 43.5 Å². The van der Waals surface area contributed by atoms with Crippen LogP contribution in [0.1, 0.15) is 277 Å². The fraction of sp³-hybridized carbons (Fsp3) is 0.881.